The van der Waals surface area contributed by atoms with Crippen molar-refractivity contribution >= 4 is 34.0 Å². The molecule has 4 aromatic rings. The number of hydrogen-bond donors (Lipinski definition) is 1. The molecular formula is C18H15N5O2S. The van der Waals surface area contributed by atoms with Crippen LogP contribution in [0.15, 0.2) is 53.2 Å². The minimum atomic E-state index is -0.232. The van der Waals surface area contributed by atoms with Gasteiger partial charge in [0.1, 0.15) is 10.8 Å². The molecule has 0 bridgehead atoms. The Hall–Kier alpha value is -3.26. The first kappa shape index (κ1) is 16.2. The lowest BCUT2D eigenvalue weighted by Crippen LogP contribution is -2.07. The van der Waals surface area contributed by atoms with Gasteiger partial charge in [0.25, 0.3) is 0 Å². The molecule has 0 aliphatic heterocycles. The molecule has 1 N–H and O–H groups in total. The van der Waals surface area contributed by atoms with Crippen LogP contribution in [0.5, 0.6) is 0 Å². The highest BCUT2D eigenvalue weighted by atomic mass is 32.1. The first-order valence-corrected chi connectivity index (χ1v) is 8.88. The topological polar surface area (TPSA) is 85.3 Å². The second kappa shape index (κ2) is 6.93. The van der Waals surface area contributed by atoms with Crippen LogP contribution in [0.3, 0.4) is 0 Å². The molecule has 7 nitrogen and oxygen atoms in total. The molecule has 0 atom stereocenters. The monoisotopic (exact) mass is 365 g/mol. The maximum atomic E-state index is 12.1. The number of rotatable bonds is 5. The Labute approximate surface area is 153 Å². The van der Waals surface area contributed by atoms with Crippen molar-refractivity contribution < 1.29 is 9.21 Å². The van der Waals surface area contributed by atoms with Crippen molar-refractivity contribution in [1.82, 2.24) is 19.8 Å². The Balaban J connectivity index is 1.54. The number of aromatic nitrogens is 4. The lowest BCUT2D eigenvalue weighted by molar-refractivity contribution is -0.111. The van der Waals surface area contributed by atoms with E-state index in [0.29, 0.717) is 11.4 Å². The van der Waals surface area contributed by atoms with Crippen molar-refractivity contribution in [1.29, 1.82) is 0 Å². The first-order chi connectivity index (χ1) is 12.7. The first-order valence-electron chi connectivity index (χ1n) is 8.07. The normalized spacial score (nSPS) is 11.4. The maximum Gasteiger partial charge on any atom is 0.248 e. The average Bonchev–Trinajstić information content (AvgIpc) is 3.37. The van der Waals surface area contributed by atoms with E-state index >= 15 is 0 Å². The third-order valence-corrected chi connectivity index (χ3v) is 4.64. The second-order valence-corrected chi connectivity index (χ2v) is 6.45. The zero-order chi connectivity index (χ0) is 17.9. The van der Waals surface area contributed by atoms with Crippen molar-refractivity contribution in [3.05, 3.63) is 60.3 Å². The van der Waals surface area contributed by atoms with Crippen LogP contribution in [0.25, 0.3) is 21.6 Å². The Bertz CT molecular complexity index is 1080. The molecule has 0 radical (unpaired) electrons. The van der Waals surface area contributed by atoms with Crippen LogP contribution in [-0.2, 0) is 11.2 Å². The van der Waals surface area contributed by atoms with Crippen molar-refractivity contribution in [3.63, 3.8) is 0 Å². The van der Waals surface area contributed by atoms with E-state index in [9.17, 15) is 4.79 Å². The predicted molar refractivity (Wildman–Crippen MR) is 99.8 cm³/mol. The van der Waals surface area contributed by atoms with Gasteiger partial charge in [-0.1, -0.05) is 30.4 Å². The molecule has 3 heterocycles. The van der Waals surface area contributed by atoms with E-state index in [1.807, 2.05) is 31.2 Å². The van der Waals surface area contributed by atoms with Gasteiger partial charge in [0.15, 0.2) is 5.82 Å². The standard InChI is InChI=1S/C18H15N5O2S/c1-2-15-20-21-18-23(15)22-17(26-18)12-5-3-6-13(11-12)19-16(24)9-8-14-7-4-10-25-14/h3-11H,2H2,1H3,(H,19,24)/b9-8+. The van der Waals surface area contributed by atoms with Gasteiger partial charge in [0, 0.05) is 23.7 Å². The Morgan fingerprint density at radius 2 is 2.23 bits per heavy atom. The van der Waals surface area contributed by atoms with Crippen LogP contribution in [0, 0.1) is 0 Å². The molecule has 1 aromatic carbocycles. The van der Waals surface area contributed by atoms with E-state index < -0.39 is 0 Å². The summed E-state index contributed by atoms with van der Waals surface area (Å²) in [4.78, 5) is 12.8. The molecule has 0 fully saturated rings. The highest BCUT2D eigenvalue weighted by Gasteiger charge is 2.12. The number of benzene rings is 1. The molecule has 8 heteroatoms. The third-order valence-electron chi connectivity index (χ3n) is 3.69. The molecule has 0 unspecified atom stereocenters. The lowest BCUT2D eigenvalue weighted by Gasteiger charge is -2.03. The van der Waals surface area contributed by atoms with Gasteiger partial charge < -0.3 is 9.73 Å². The van der Waals surface area contributed by atoms with Gasteiger partial charge in [-0.15, -0.1) is 10.2 Å². The molecule has 130 valence electrons. The minimum Gasteiger partial charge on any atom is -0.465 e. The van der Waals surface area contributed by atoms with E-state index in [4.69, 9.17) is 4.42 Å². The quantitative estimate of drug-likeness (QED) is 0.546. The number of amides is 1. The van der Waals surface area contributed by atoms with E-state index in [0.717, 1.165) is 27.8 Å². The van der Waals surface area contributed by atoms with Gasteiger partial charge in [-0.05, 0) is 30.3 Å². The van der Waals surface area contributed by atoms with Crippen molar-refractivity contribution in [3.8, 4) is 10.6 Å². The summed E-state index contributed by atoms with van der Waals surface area (Å²) >= 11 is 1.46. The Morgan fingerprint density at radius 3 is 3.04 bits per heavy atom. The number of carbonyl (C=O) groups is 1. The number of fused-ring (bicyclic) bond motifs is 1. The summed E-state index contributed by atoms with van der Waals surface area (Å²) in [7, 11) is 0. The fourth-order valence-electron chi connectivity index (χ4n) is 2.45. The fourth-order valence-corrected chi connectivity index (χ4v) is 3.31. The van der Waals surface area contributed by atoms with E-state index in [1.165, 1.54) is 17.4 Å². The molecule has 4 rings (SSSR count). The third kappa shape index (κ3) is 3.27. The summed E-state index contributed by atoms with van der Waals surface area (Å²) in [5.74, 6) is 1.22. The summed E-state index contributed by atoms with van der Waals surface area (Å²) in [6.45, 7) is 2.02. The molecular weight excluding hydrogens is 350 g/mol. The van der Waals surface area contributed by atoms with Gasteiger partial charge >= 0.3 is 0 Å². The highest BCUT2D eigenvalue weighted by Crippen LogP contribution is 2.27. The summed E-state index contributed by atoms with van der Waals surface area (Å²) in [6, 6.07) is 11.1. The predicted octanol–water partition coefficient (Wildman–Crippen LogP) is 3.66. The van der Waals surface area contributed by atoms with Crippen LogP contribution in [-0.4, -0.2) is 25.7 Å². The van der Waals surface area contributed by atoms with E-state index in [1.54, 1.807) is 29.0 Å². The highest BCUT2D eigenvalue weighted by molar-refractivity contribution is 7.19. The van der Waals surface area contributed by atoms with Crippen molar-refractivity contribution in [2.24, 2.45) is 0 Å². The summed E-state index contributed by atoms with van der Waals surface area (Å²) in [5.41, 5.74) is 1.61. The minimum absolute atomic E-state index is 0.232. The molecule has 0 spiro atoms. The maximum absolute atomic E-state index is 12.1. The molecule has 1 amide bonds. The number of anilines is 1. The van der Waals surface area contributed by atoms with Gasteiger partial charge in [0.05, 0.1) is 6.26 Å². The van der Waals surface area contributed by atoms with Gasteiger partial charge in [-0.3, -0.25) is 4.79 Å². The Kier molecular flexibility index (Phi) is 4.32. The number of carbonyl (C=O) groups excluding carboxylic acids is 1. The molecule has 0 saturated carbocycles. The largest absolute Gasteiger partial charge is 0.465 e. The van der Waals surface area contributed by atoms with Crippen LogP contribution in [0.2, 0.25) is 0 Å². The van der Waals surface area contributed by atoms with Gasteiger partial charge in [-0.2, -0.15) is 9.61 Å². The summed E-state index contributed by atoms with van der Waals surface area (Å²) < 4.78 is 6.93. The summed E-state index contributed by atoms with van der Waals surface area (Å²) in [6.07, 6.45) is 5.38. The van der Waals surface area contributed by atoms with E-state index in [2.05, 4.69) is 20.6 Å². The number of nitrogens with one attached hydrogen (secondary N) is 1. The zero-order valence-corrected chi connectivity index (χ0v) is 14.7. The number of aryl methyl sites for hydroxylation is 1. The average molecular weight is 365 g/mol. The van der Waals surface area contributed by atoms with Crippen molar-refractivity contribution in [2.45, 2.75) is 13.3 Å². The van der Waals surface area contributed by atoms with E-state index in [-0.39, 0.29) is 5.91 Å². The van der Waals surface area contributed by atoms with Crippen molar-refractivity contribution in [2.75, 3.05) is 5.32 Å². The van der Waals surface area contributed by atoms with Crippen LogP contribution < -0.4 is 5.32 Å². The van der Waals surface area contributed by atoms with Crippen LogP contribution >= 0.6 is 11.3 Å². The summed E-state index contributed by atoms with van der Waals surface area (Å²) in [5, 5.41) is 16.5. The zero-order valence-electron chi connectivity index (χ0n) is 13.9. The smallest absolute Gasteiger partial charge is 0.248 e. The van der Waals surface area contributed by atoms with Crippen LogP contribution in [0.1, 0.15) is 18.5 Å². The van der Waals surface area contributed by atoms with Crippen LogP contribution in [0.4, 0.5) is 5.69 Å². The molecule has 0 saturated heterocycles. The number of hydrogen-bond acceptors (Lipinski definition) is 6. The fraction of sp³-hybridized carbons (Fsp3) is 0.111. The number of furan rings is 1. The molecule has 0 aliphatic carbocycles. The SMILES string of the molecule is CCc1nnc2sc(-c3cccc(NC(=O)/C=C/c4ccco4)c3)nn12. The Morgan fingerprint density at radius 1 is 1.31 bits per heavy atom. The molecule has 26 heavy (non-hydrogen) atoms. The molecule has 3 aromatic heterocycles. The molecule has 0 aliphatic rings. The number of nitrogens with zero attached hydrogens (tertiary/aromatic N) is 4. The van der Waals surface area contributed by atoms with Gasteiger partial charge in [0.2, 0.25) is 10.9 Å². The second-order valence-electron chi connectivity index (χ2n) is 5.49. The van der Waals surface area contributed by atoms with Gasteiger partial charge in [-0.25, -0.2) is 0 Å². The lowest BCUT2D eigenvalue weighted by atomic mass is 10.2.